The van der Waals surface area contributed by atoms with Gasteiger partial charge in [0.2, 0.25) is 0 Å². The van der Waals surface area contributed by atoms with Crippen LogP contribution in [0.2, 0.25) is 0 Å². The van der Waals surface area contributed by atoms with Gasteiger partial charge in [0.15, 0.2) is 0 Å². The second kappa shape index (κ2) is 9.56. The molecule has 0 aromatic heterocycles. The molecule has 0 bridgehead atoms. The number of likely N-dealkylation sites (N-methyl/N-ethyl adjacent to an activating group) is 1. The summed E-state index contributed by atoms with van der Waals surface area (Å²) in [5.41, 5.74) is 6.22. The van der Waals surface area contributed by atoms with Crippen LogP contribution in [0, 0.1) is 0 Å². The highest BCUT2D eigenvalue weighted by atomic mass is 32.2. The third-order valence-corrected chi connectivity index (χ3v) is 8.72. The quantitative estimate of drug-likeness (QED) is 0.444. The number of allylic oxidation sites excluding steroid dienone is 2. The minimum absolute atomic E-state index is 0.0612. The molecule has 1 atom stereocenters. The van der Waals surface area contributed by atoms with Crippen LogP contribution >= 0.6 is 10.5 Å². The zero-order valence-corrected chi connectivity index (χ0v) is 23.5. The zero-order valence-electron chi connectivity index (χ0n) is 22.7. The summed E-state index contributed by atoms with van der Waals surface area (Å²) in [7, 11) is 4.31. The molecule has 2 aromatic carbocycles. The first kappa shape index (κ1) is 25.4. The van der Waals surface area contributed by atoms with Crippen LogP contribution in [0.3, 0.4) is 0 Å². The van der Waals surface area contributed by atoms with E-state index in [0.29, 0.717) is 0 Å². The summed E-state index contributed by atoms with van der Waals surface area (Å²) < 4.78 is 5.57. The van der Waals surface area contributed by atoms with E-state index < -0.39 is 5.60 Å². The molecule has 37 heavy (non-hydrogen) atoms. The molecule has 2 aromatic rings. The Morgan fingerprint density at radius 1 is 1.05 bits per heavy atom. The monoisotopic (exact) mass is 515 g/mol. The Hall–Kier alpha value is -3.25. The van der Waals surface area contributed by atoms with E-state index >= 15 is 0 Å². The number of carbonyl (C=O) groups is 1. The van der Waals surface area contributed by atoms with Crippen molar-refractivity contribution in [3.8, 4) is 0 Å². The summed E-state index contributed by atoms with van der Waals surface area (Å²) in [6, 6.07) is 19.3. The summed E-state index contributed by atoms with van der Waals surface area (Å²) in [6.45, 7) is 5.68. The average Bonchev–Trinajstić information content (AvgIpc) is 3.20. The lowest BCUT2D eigenvalue weighted by atomic mass is 9.72. The van der Waals surface area contributed by atoms with Crippen molar-refractivity contribution in [3.63, 3.8) is 0 Å². The third-order valence-electron chi connectivity index (χ3n) is 7.16. The number of fused-ring (bicyclic) bond motifs is 1. The highest BCUT2D eigenvalue weighted by Crippen LogP contribution is 2.47. The number of hydrogen-bond donors (Lipinski definition) is 1. The van der Waals surface area contributed by atoms with Crippen molar-refractivity contribution in [2.45, 2.75) is 51.2 Å². The number of nitrogens with zero attached hydrogens (tertiary/aromatic N) is 2. The first-order valence-corrected chi connectivity index (χ1v) is 14.6. The van der Waals surface area contributed by atoms with E-state index in [0.717, 1.165) is 30.5 Å². The highest BCUT2D eigenvalue weighted by Gasteiger charge is 2.41. The first-order valence-electron chi connectivity index (χ1n) is 12.9. The minimum atomic E-state index is -0.520. The normalized spacial score (nSPS) is 20.3. The fourth-order valence-corrected chi connectivity index (χ4v) is 6.53. The predicted molar refractivity (Wildman–Crippen MR) is 157 cm³/mol. The van der Waals surface area contributed by atoms with Crippen molar-refractivity contribution in [2.24, 2.45) is 0 Å². The molecular formula is C31H37N3O2S. The van der Waals surface area contributed by atoms with Gasteiger partial charge < -0.3 is 19.9 Å². The smallest absolute Gasteiger partial charge is 0.408 e. The molecule has 3 aliphatic rings. The molecule has 194 valence electrons. The van der Waals surface area contributed by atoms with Gasteiger partial charge >= 0.3 is 6.09 Å². The van der Waals surface area contributed by atoms with Gasteiger partial charge in [-0.05, 0) is 75.4 Å². The second-order valence-corrected chi connectivity index (χ2v) is 13.0. The van der Waals surface area contributed by atoms with Gasteiger partial charge in [-0.15, -0.1) is 0 Å². The van der Waals surface area contributed by atoms with E-state index in [1.54, 1.807) is 0 Å². The lowest BCUT2D eigenvalue weighted by Gasteiger charge is -2.43. The number of benzene rings is 2. The number of ether oxygens (including phenoxy) is 1. The molecule has 1 unspecified atom stereocenters. The molecule has 6 heteroatoms. The van der Waals surface area contributed by atoms with Crippen molar-refractivity contribution in [2.75, 3.05) is 25.3 Å². The molecule has 1 amide bonds. The summed E-state index contributed by atoms with van der Waals surface area (Å²) in [5, 5.41) is 5.49. The van der Waals surface area contributed by atoms with Gasteiger partial charge in [0, 0.05) is 42.0 Å². The van der Waals surface area contributed by atoms with Crippen LogP contribution in [0.4, 0.5) is 10.5 Å². The van der Waals surface area contributed by atoms with E-state index in [1.165, 1.54) is 27.4 Å². The summed E-state index contributed by atoms with van der Waals surface area (Å²) >= 11 is 0. The Morgan fingerprint density at radius 3 is 2.30 bits per heavy atom. The Balaban J connectivity index is 1.53. The van der Waals surface area contributed by atoms with Crippen LogP contribution in [0.5, 0.6) is 0 Å². The van der Waals surface area contributed by atoms with E-state index in [9.17, 15) is 4.79 Å². The highest BCUT2D eigenvalue weighted by molar-refractivity contribution is 8.18. The molecule has 2 heterocycles. The molecule has 5 rings (SSSR count). The molecule has 1 N–H and O–H groups in total. The Labute approximate surface area is 223 Å². The number of amides is 1. The molecule has 2 aliphatic heterocycles. The number of carbonyl (C=O) groups excluding carboxylic acids is 1. The average molecular weight is 516 g/mol. The van der Waals surface area contributed by atoms with Gasteiger partial charge in [-0.25, -0.2) is 4.79 Å². The van der Waals surface area contributed by atoms with Crippen molar-refractivity contribution < 1.29 is 9.53 Å². The topological polar surface area (TPSA) is 44.8 Å². The number of alkyl carbamates (subject to hydrolysis) is 1. The van der Waals surface area contributed by atoms with Crippen LogP contribution in [-0.2, 0) is 10.3 Å². The maximum absolute atomic E-state index is 12.6. The molecular weight excluding hydrogens is 478 g/mol. The van der Waals surface area contributed by atoms with Gasteiger partial charge in [-0.3, -0.25) is 0 Å². The molecule has 0 saturated heterocycles. The zero-order chi connectivity index (χ0) is 26.4. The summed E-state index contributed by atoms with van der Waals surface area (Å²) in [4.78, 5) is 18.5. The number of anilines is 1. The maximum atomic E-state index is 12.6. The lowest BCUT2D eigenvalue weighted by molar-refractivity contribution is 0.0377. The van der Waals surface area contributed by atoms with Crippen molar-refractivity contribution >= 4 is 33.3 Å². The van der Waals surface area contributed by atoms with E-state index in [2.05, 4.69) is 108 Å². The second-order valence-electron chi connectivity index (χ2n) is 11.2. The standard InChI is InChI=1S/C31H37N3O2S/c1-30(2,3)36-29(35)32-31(18-10-19-31)23-13-15-24(16-14-23)34-21-26-25(17-20-37(26)6)28(33(4)5)27(34)22-11-8-7-9-12-22/h7-9,11-17,20-21H,10,18-19H2,1-6H3,(H,32,35). The van der Waals surface area contributed by atoms with E-state index in [-0.39, 0.29) is 22.1 Å². The largest absolute Gasteiger partial charge is 0.444 e. The minimum Gasteiger partial charge on any atom is -0.444 e. The number of nitrogens with one attached hydrogen (secondary N) is 1. The van der Waals surface area contributed by atoms with E-state index in [4.69, 9.17) is 4.74 Å². The van der Waals surface area contributed by atoms with Crippen LogP contribution < -0.4 is 10.2 Å². The van der Waals surface area contributed by atoms with Gasteiger partial charge in [0.1, 0.15) is 5.60 Å². The van der Waals surface area contributed by atoms with Crippen molar-refractivity contribution in [3.05, 3.63) is 94.2 Å². The van der Waals surface area contributed by atoms with Gasteiger partial charge in [-0.2, -0.15) is 10.5 Å². The molecule has 1 fully saturated rings. The number of rotatable bonds is 5. The Bertz CT molecular complexity index is 1320. The van der Waals surface area contributed by atoms with Crippen molar-refractivity contribution in [1.29, 1.82) is 0 Å². The molecule has 1 saturated carbocycles. The third kappa shape index (κ3) is 4.87. The lowest BCUT2D eigenvalue weighted by Crippen LogP contribution is -2.52. The summed E-state index contributed by atoms with van der Waals surface area (Å²) in [5.74, 6) is 0. The van der Waals surface area contributed by atoms with Gasteiger partial charge in [0.05, 0.1) is 16.9 Å². The molecule has 0 radical (unpaired) electrons. The fraction of sp³-hybridized carbons (Fsp3) is 0.355. The Morgan fingerprint density at radius 2 is 1.73 bits per heavy atom. The van der Waals surface area contributed by atoms with Gasteiger partial charge in [0.25, 0.3) is 0 Å². The predicted octanol–water partition coefficient (Wildman–Crippen LogP) is 6.82. The summed E-state index contributed by atoms with van der Waals surface area (Å²) in [6.07, 6.45) is 9.43. The maximum Gasteiger partial charge on any atom is 0.408 e. The first-order chi connectivity index (χ1) is 17.6. The molecule has 0 spiro atoms. The van der Waals surface area contributed by atoms with Crippen molar-refractivity contribution in [1.82, 2.24) is 10.2 Å². The van der Waals surface area contributed by atoms with Gasteiger partial charge in [-0.1, -0.05) is 42.5 Å². The SMILES string of the molecule is CN(C)C1=C(c2ccccc2)N(c2ccc(C3(NC(=O)OC(C)(C)C)CCC3)cc2)C=C2C1=CC=S2C. The Kier molecular flexibility index (Phi) is 6.57. The van der Waals surface area contributed by atoms with Crippen LogP contribution in [0.25, 0.3) is 5.70 Å². The van der Waals surface area contributed by atoms with Crippen LogP contribution in [0.15, 0.2) is 83.0 Å². The van der Waals surface area contributed by atoms with Crippen LogP contribution in [0.1, 0.15) is 51.2 Å². The van der Waals surface area contributed by atoms with E-state index in [1.807, 2.05) is 20.8 Å². The molecule has 1 aliphatic carbocycles. The molecule has 5 nitrogen and oxygen atoms in total. The fourth-order valence-electron chi connectivity index (χ4n) is 5.26. The van der Waals surface area contributed by atoms with Crippen LogP contribution in [-0.4, -0.2) is 42.3 Å². The number of hydrogen-bond acceptors (Lipinski definition) is 4.